The molecule has 0 amide bonds. The van der Waals surface area contributed by atoms with Crippen molar-refractivity contribution in [1.82, 2.24) is 5.32 Å². The van der Waals surface area contributed by atoms with Crippen LogP contribution in [0.25, 0.3) is 0 Å². The summed E-state index contributed by atoms with van der Waals surface area (Å²) in [4.78, 5) is 10.2. The molecule has 3 nitrogen and oxygen atoms in total. The van der Waals surface area contributed by atoms with Gasteiger partial charge in [-0.25, -0.2) is 0 Å². The molecule has 0 aromatic heterocycles. The fraction of sp³-hybridized carbons (Fsp3) is 0.500. The van der Waals surface area contributed by atoms with E-state index in [1.54, 1.807) is 0 Å². The fourth-order valence-corrected chi connectivity index (χ4v) is 0.956. The van der Waals surface area contributed by atoms with Crippen molar-refractivity contribution in [3.63, 3.8) is 0 Å². The summed E-state index contributed by atoms with van der Waals surface area (Å²) in [6.07, 6.45) is -1.85. The van der Waals surface area contributed by atoms with Crippen LogP contribution in [0.3, 0.4) is 0 Å². The van der Waals surface area contributed by atoms with Crippen LogP contribution >= 0.6 is 0 Å². The molecule has 1 rings (SSSR count). The lowest BCUT2D eigenvalue weighted by Crippen LogP contribution is -2.29. The largest absolute Gasteiger partial charge is 0.480 e. The topological polar surface area (TPSA) is 49.3 Å². The summed E-state index contributed by atoms with van der Waals surface area (Å²) >= 11 is 0. The van der Waals surface area contributed by atoms with E-state index in [4.69, 9.17) is 5.11 Å². The molecule has 1 aliphatic rings. The quantitative estimate of drug-likeness (QED) is 0.594. The smallest absolute Gasteiger partial charge is 0.321 e. The van der Waals surface area contributed by atoms with Crippen molar-refractivity contribution in [2.24, 2.45) is 0 Å². The first kappa shape index (κ1) is 8.13. The lowest BCUT2D eigenvalue weighted by atomic mass is 10.2. The van der Waals surface area contributed by atoms with Gasteiger partial charge in [-0.2, -0.15) is 8.78 Å². The Bertz CT molecular complexity index is 211. The second-order valence-corrected chi connectivity index (χ2v) is 2.34. The molecule has 0 aromatic carbocycles. The standard InChI is InChI=1S/C6H7F2NO2/c7-5(8)3-1-4(6(10)11)9-2-3/h4,9H,1-2H2,(H,10,11). The van der Waals surface area contributed by atoms with Crippen molar-refractivity contribution >= 4 is 5.97 Å². The molecule has 1 fully saturated rings. The zero-order valence-electron chi connectivity index (χ0n) is 5.60. The minimum atomic E-state index is -1.76. The number of hydrogen-bond acceptors (Lipinski definition) is 2. The van der Waals surface area contributed by atoms with Crippen molar-refractivity contribution in [2.45, 2.75) is 12.5 Å². The molecular weight excluding hydrogens is 156 g/mol. The Morgan fingerprint density at radius 1 is 1.64 bits per heavy atom. The van der Waals surface area contributed by atoms with Crippen LogP contribution in [0.5, 0.6) is 0 Å². The average molecular weight is 163 g/mol. The lowest BCUT2D eigenvalue weighted by molar-refractivity contribution is -0.138. The Labute approximate surface area is 61.7 Å². The number of carboxylic acid groups (broad SMARTS) is 1. The van der Waals surface area contributed by atoms with E-state index in [0.29, 0.717) is 0 Å². The molecule has 2 N–H and O–H groups in total. The van der Waals surface area contributed by atoms with Gasteiger partial charge in [-0.1, -0.05) is 0 Å². The van der Waals surface area contributed by atoms with Crippen molar-refractivity contribution in [3.05, 3.63) is 11.7 Å². The van der Waals surface area contributed by atoms with E-state index in [1.807, 2.05) is 0 Å². The van der Waals surface area contributed by atoms with E-state index in [-0.39, 0.29) is 18.5 Å². The van der Waals surface area contributed by atoms with Gasteiger partial charge in [0.05, 0.1) is 0 Å². The zero-order chi connectivity index (χ0) is 8.43. The summed E-state index contributed by atoms with van der Waals surface area (Å²) in [5.74, 6) is -1.08. The molecule has 62 valence electrons. The van der Waals surface area contributed by atoms with E-state index >= 15 is 0 Å². The Morgan fingerprint density at radius 3 is 2.55 bits per heavy atom. The van der Waals surface area contributed by atoms with Gasteiger partial charge in [0.1, 0.15) is 6.04 Å². The molecule has 0 spiro atoms. The van der Waals surface area contributed by atoms with Gasteiger partial charge in [0.25, 0.3) is 6.08 Å². The summed E-state index contributed by atoms with van der Waals surface area (Å²) in [5, 5.41) is 10.8. The Morgan fingerprint density at radius 2 is 2.27 bits per heavy atom. The maximum Gasteiger partial charge on any atom is 0.321 e. The van der Waals surface area contributed by atoms with E-state index in [1.165, 1.54) is 0 Å². The monoisotopic (exact) mass is 163 g/mol. The van der Waals surface area contributed by atoms with E-state index in [0.717, 1.165) is 0 Å². The normalized spacial score (nSPS) is 23.8. The molecule has 1 heterocycles. The van der Waals surface area contributed by atoms with Gasteiger partial charge < -0.3 is 10.4 Å². The third-order valence-corrected chi connectivity index (χ3v) is 1.58. The summed E-state index contributed by atoms with van der Waals surface area (Å²) in [6, 6.07) is -0.841. The van der Waals surface area contributed by atoms with Gasteiger partial charge in [-0.15, -0.1) is 0 Å². The van der Waals surface area contributed by atoms with Gasteiger partial charge in [-0.3, -0.25) is 4.79 Å². The first-order chi connectivity index (χ1) is 5.11. The first-order valence-electron chi connectivity index (χ1n) is 3.10. The minimum absolute atomic E-state index is 0.0146. The van der Waals surface area contributed by atoms with E-state index < -0.39 is 18.1 Å². The van der Waals surface area contributed by atoms with Gasteiger partial charge >= 0.3 is 5.97 Å². The predicted octanol–water partition coefficient (Wildman–Crippen LogP) is 0.584. The number of rotatable bonds is 1. The highest BCUT2D eigenvalue weighted by Crippen LogP contribution is 2.18. The van der Waals surface area contributed by atoms with Crippen LogP contribution in [0.15, 0.2) is 11.7 Å². The van der Waals surface area contributed by atoms with Crippen molar-refractivity contribution in [3.8, 4) is 0 Å². The number of nitrogens with one attached hydrogen (secondary N) is 1. The second kappa shape index (κ2) is 2.96. The predicted molar refractivity (Wildman–Crippen MR) is 33.3 cm³/mol. The van der Waals surface area contributed by atoms with Crippen LogP contribution in [0.2, 0.25) is 0 Å². The number of hydrogen-bond donors (Lipinski definition) is 2. The fourth-order valence-electron chi connectivity index (χ4n) is 0.956. The number of halogens is 2. The van der Waals surface area contributed by atoms with Gasteiger partial charge in [0, 0.05) is 18.5 Å². The van der Waals surface area contributed by atoms with Gasteiger partial charge in [0.2, 0.25) is 0 Å². The summed E-state index contributed by atoms with van der Waals surface area (Å²) in [7, 11) is 0. The molecule has 0 aliphatic carbocycles. The zero-order valence-corrected chi connectivity index (χ0v) is 5.60. The molecule has 1 aliphatic heterocycles. The van der Waals surface area contributed by atoms with Gasteiger partial charge in [-0.05, 0) is 0 Å². The van der Waals surface area contributed by atoms with Crippen LogP contribution in [0.4, 0.5) is 8.78 Å². The van der Waals surface area contributed by atoms with E-state index in [2.05, 4.69) is 5.32 Å². The van der Waals surface area contributed by atoms with Gasteiger partial charge in [0.15, 0.2) is 0 Å². The lowest BCUT2D eigenvalue weighted by Gasteiger charge is -1.99. The minimum Gasteiger partial charge on any atom is -0.480 e. The molecule has 1 saturated heterocycles. The van der Waals surface area contributed by atoms with Crippen LogP contribution in [-0.4, -0.2) is 23.7 Å². The maximum absolute atomic E-state index is 11.8. The van der Waals surface area contributed by atoms with Crippen LogP contribution in [0.1, 0.15) is 6.42 Å². The van der Waals surface area contributed by atoms with Crippen LogP contribution < -0.4 is 5.32 Å². The summed E-state index contributed by atoms with van der Waals surface area (Å²) in [5.41, 5.74) is -0.0996. The molecule has 1 atom stereocenters. The second-order valence-electron chi connectivity index (χ2n) is 2.34. The Balaban J connectivity index is 2.61. The van der Waals surface area contributed by atoms with Crippen molar-refractivity contribution < 1.29 is 18.7 Å². The molecular formula is C6H7F2NO2. The highest BCUT2D eigenvalue weighted by atomic mass is 19.3. The third kappa shape index (κ3) is 1.74. The van der Waals surface area contributed by atoms with Crippen molar-refractivity contribution in [2.75, 3.05) is 6.54 Å². The molecule has 1 unspecified atom stereocenters. The molecule has 0 aromatic rings. The molecule has 0 radical (unpaired) electrons. The number of carboxylic acids is 1. The molecule has 0 bridgehead atoms. The molecule has 5 heteroatoms. The Kier molecular flexibility index (Phi) is 2.19. The van der Waals surface area contributed by atoms with Crippen molar-refractivity contribution in [1.29, 1.82) is 0 Å². The molecule has 0 saturated carbocycles. The third-order valence-electron chi connectivity index (χ3n) is 1.58. The summed E-state index contributed by atoms with van der Waals surface area (Å²) in [6.45, 7) is -0.0146. The highest BCUT2D eigenvalue weighted by molar-refractivity contribution is 5.74. The van der Waals surface area contributed by atoms with Crippen LogP contribution in [0, 0.1) is 0 Å². The van der Waals surface area contributed by atoms with E-state index in [9.17, 15) is 13.6 Å². The van der Waals surface area contributed by atoms with Crippen LogP contribution in [-0.2, 0) is 4.79 Å². The number of carbonyl (C=O) groups is 1. The Hall–Kier alpha value is -0.970. The average Bonchev–Trinajstić information content (AvgIpc) is 2.33. The summed E-state index contributed by atoms with van der Waals surface area (Å²) < 4.78 is 23.6. The number of aliphatic carboxylic acids is 1. The highest BCUT2D eigenvalue weighted by Gasteiger charge is 2.27. The molecule has 11 heavy (non-hydrogen) atoms. The maximum atomic E-state index is 11.8. The SMILES string of the molecule is O=C(O)C1CC(=C(F)F)CN1. The first-order valence-corrected chi connectivity index (χ1v) is 3.10.